The number of aromatic nitrogens is 1. The van der Waals surface area contributed by atoms with Gasteiger partial charge in [0, 0.05) is 33.5 Å². The summed E-state index contributed by atoms with van der Waals surface area (Å²) in [7, 11) is 0. The number of amides is 1. The molecule has 0 radical (unpaired) electrons. The first-order valence-electron chi connectivity index (χ1n) is 6.91. The van der Waals surface area contributed by atoms with Crippen LogP contribution in [0.3, 0.4) is 0 Å². The Bertz CT molecular complexity index is 825. The van der Waals surface area contributed by atoms with Gasteiger partial charge < -0.3 is 0 Å². The van der Waals surface area contributed by atoms with E-state index in [1.165, 1.54) is 17.4 Å². The molecule has 1 amide bonds. The van der Waals surface area contributed by atoms with E-state index in [4.69, 9.17) is 11.6 Å². The summed E-state index contributed by atoms with van der Waals surface area (Å²) in [6.45, 7) is 0. The predicted molar refractivity (Wildman–Crippen MR) is 98.4 cm³/mol. The molecule has 0 bridgehead atoms. The zero-order valence-corrected chi connectivity index (χ0v) is 14.4. The van der Waals surface area contributed by atoms with Crippen molar-refractivity contribution in [3.05, 3.63) is 74.4 Å². The van der Waals surface area contributed by atoms with E-state index in [2.05, 4.69) is 10.3 Å². The molecule has 1 aromatic carbocycles. The maximum Gasteiger partial charge on any atom is 0.250 e. The van der Waals surface area contributed by atoms with Crippen LogP contribution in [0.1, 0.15) is 15.3 Å². The monoisotopic (exact) mass is 360 g/mol. The van der Waals surface area contributed by atoms with Gasteiger partial charge in [0.1, 0.15) is 0 Å². The summed E-state index contributed by atoms with van der Waals surface area (Å²) >= 11 is 9.04. The molecule has 1 N–H and O–H groups in total. The Morgan fingerprint density at radius 3 is 3.00 bits per heavy atom. The molecule has 0 fully saturated rings. The number of rotatable bonds is 5. The van der Waals surface area contributed by atoms with Crippen molar-refractivity contribution >= 4 is 51.4 Å². The normalized spacial score (nSPS) is 11.0. The van der Waals surface area contributed by atoms with E-state index in [0.717, 1.165) is 26.8 Å². The van der Waals surface area contributed by atoms with Gasteiger partial charge in [-0.2, -0.15) is 0 Å². The number of hydrogen-bond acceptors (Lipinski definition) is 4. The number of thiophene rings is 1. The SMILES string of the molecule is O=C(/C=C\c1cccs1)Nc1ncc(Cc2cccc(Cl)c2)s1. The standard InChI is InChI=1S/C17H13ClN2OS2/c18-13-4-1-3-12(9-13)10-15-11-19-17(23-15)20-16(21)7-6-14-5-2-8-22-14/h1-9,11H,10H2,(H,19,20,21)/b7-6-. The summed E-state index contributed by atoms with van der Waals surface area (Å²) in [6, 6.07) is 11.6. The van der Waals surface area contributed by atoms with Gasteiger partial charge in [-0.1, -0.05) is 29.8 Å². The molecule has 0 spiro atoms. The quantitative estimate of drug-likeness (QED) is 0.643. The summed E-state index contributed by atoms with van der Waals surface area (Å²) < 4.78 is 0. The smallest absolute Gasteiger partial charge is 0.250 e. The van der Waals surface area contributed by atoms with Crippen molar-refractivity contribution in [3.63, 3.8) is 0 Å². The van der Waals surface area contributed by atoms with Gasteiger partial charge in [0.25, 0.3) is 0 Å². The first-order chi connectivity index (χ1) is 11.2. The molecule has 0 aliphatic heterocycles. The minimum atomic E-state index is -0.179. The molecule has 3 nitrogen and oxygen atoms in total. The summed E-state index contributed by atoms with van der Waals surface area (Å²) in [6.07, 6.45) is 5.84. The van der Waals surface area contributed by atoms with Gasteiger partial charge in [-0.25, -0.2) is 4.98 Å². The highest BCUT2D eigenvalue weighted by molar-refractivity contribution is 7.15. The highest BCUT2D eigenvalue weighted by atomic mass is 35.5. The molecule has 2 heterocycles. The average molecular weight is 361 g/mol. The van der Waals surface area contributed by atoms with E-state index in [1.54, 1.807) is 23.6 Å². The Morgan fingerprint density at radius 2 is 2.22 bits per heavy atom. The Morgan fingerprint density at radius 1 is 1.30 bits per heavy atom. The van der Waals surface area contributed by atoms with E-state index in [0.29, 0.717) is 5.13 Å². The summed E-state index contributed by atoms with van der Waals surface area (Å²) in [5, 5.41) is 6.08. The molecule has 0 atom stereocenters. The van der Waals surface area contributed by atoms with Crippen LogP contribution >= 0.6 is 34.3 Å². The number of nitrogens with one attached hydrogen (secondary N) is 1. The van der Waals surface area contributed by atoms with Gasteiger partial charge in [0.2, 0.25) is 5.91 Å². The number of anilines is 1. The van der Waals surface area contributed by atoms with E-state index in [1.807, 2.05) is 41.8 Å². The zero-order valence-electron chi connectivity index (χ0n) is 12.0. The minimum absolute atomic E-state index is 0.179. The van der Waals surface area contributed by atoms with E-state index < -0.39 is 0 Å². The van der Waals surface area contributed by atoms with E-state index >= 15 is 0 Å². The van der Waals surface area contributed by atoms with Crippen LogP contribution in [0.2, 0.25) is 5.02 Å². The lowest BCUT2D eigenvalue weighted by Gasteiger charge is -1.98. The summed E-state index contributed by atoms with van der Waals surface area (Å²) in [5.74, 6) is -0.179. The Labute approximate surface area is 147 Å². The predicted octanol–water partition coefficient (Wildman–Crippen LogP) is 5.10. The highest BCUT2D eigenvalue weighted by Crippen LogP contribution is 2.22. The molecule has 0 saturated heterocycles. The van der Waals surface area contributed by atoms with Crippen molar-refractivity contribution < 1.29 is 4.79 Å². The van der Waals surface area contributed by atoms with Gasteiger partial charge in [-0.3, -0.25) is 10.1 Å². The van der Waals surface area contributed by atoms with Crippen LogP contribution in [0.15, 0.2) is 54.1 Å². The third kappa shape index (κ3) is 4.76. The van der Waals surface area contributed by atoms with Crippen molar-refractivity contribution in [2.24, 2.45) is 0 Å². The molecule has 0 saturated carbocycles. The lowest BCUT2D eigenvalue weighted by Crippen LogP contribution is -2.06. The van der Waals surface area contributed by atoms with Crippen LogP contribution < -0.4 is 5.32 Å². The zero-order chi connectivity index (χ0) is 16.1. The Hall–Kier alpha value is -1.95. The molecule has 116 valence electrons. The maximum absolute atomic E-state index is 11.9. The largest absolute Gasteiger partial charge is 0.298 e. The second-order valence-electron chi connectivity index (χ2n) is 4.78. The third-order valence-electron chi connectivity index (χ3n) is 2.99. The van der Waals surface area contributed by atoms with E-state index in [-0.39, 0.29) is 5.91 Å². The first-order valence-corrected chi connectivity index (χ1v) is 8.98. The number of nitrogens with zero attached hydrogens (tertiary/aromatic N) is 1. The van der Waals surface area contributed by atoms with Crippen molar-refractivity contribution in [3.8, 4) is 0 Å². The highest BCUT2D eigenvalue weighted by Gasteiger charge is 2.06. The van der Waals surface area contributed by atoms with Crippen molar-refractivity contribution in [2.45, 2.75) is 6.42 Å². The number of benzene rings is 1. The third-order valence-corrected chi connectivity index (χ3v) is 4.98. The second kappa shape index (κ2) is 7.55. The summed E-state index contributed by atoms with van der Waals surface area (Å²) in [4.78, 5) is 18.2. The van der Waals surface area contributed by atoms with Gasteiger partial charge in [0.05, 0.1) is 0 Å². The van der Waals surface area contributed by atoms with Crippen LogP contribution in [0.25, 0.3) is 6.08 Å². The Kier molecular flexibility index (Phi) is 5.23. The molecule has 23 heavy (non-hydrogen) atoms. The Balaban J connectivity index is 1.59. The fourth-order valence-corrected chi connectivity index (χ4v) is 3.67. The molecule has 0 unspecified atom stereocenters. The fraction of sp³-hybridized carbons (Fsp3) is 0.0588. The molecule has 3 rings (SSSR count). The van der Waals surface area contributed by atoms with Crippen LogP contribution in [-0.2, 0) is 11.2 Å². The van der Waals surface area contributed by atoms with E-state index in [9.17, 15) is 4.79 Å². The van der Waals surface area contributed by atoms with Crippen molar-refractivity contribution in [1.82, 2.24) is 4.98 Å². The first kappa shape index (κ1) is 15.9. The molecule has 3 aromatic rings. The molecular weight excluding hydrogens is 348 g/mol. The molecule has 0 aliphatic rings. The van der Waals surface area contributed by atoms with Gasteiger partial charge in [-0.05, 0) is 35.2 Å². The molecular formula is C17H13ClN2OS2. The summed E-state index contributed by atoms with van der Waals surface area (Å²) in [5.41, 5.74) is 1.12. The van der Waals surface area contributed by atoms with Gasteiger partial charge >= 0.3 is 0 Å². The topological polar surface area (TPSA) is 42.0 Å². The number of halogens is 1. The van der Waals surface area contributed by atoms with Crippen molar-refractivity contribution in [1.29, 1.82) is 0 Å². The number of carbonyl (C=O) groups is 1. The average Bonchev–Trinajstić information content (AvgIpc) is 3.17. The molecule has 0 aliphatic carbocycles. The lowest BCUT2D eigenvalue weighted by molar-refractivity contribution is -0.111. The van der Waals surface area contributed by atoms with Crippen LogP contribution in [0, 0.1) is 0 Å². The minimum Gasteiger partial charge on any atom is -0.298 e. The van der Waals surface area contributed by atoms with Crippen LogP contribution in [0.4, 0.5) is 5.13 Å². The fourth-order valence-electron chi connectivity index (χ4n) is 1.99. The second-order valence-corrected chi connectivity index (χ2v) is 7.31. The van der Waals surface area contributed by atoms with Gasteiger partial charge in [-0.15, -0.1) is 22.7 Å². The molecule has 6 heteroatoms. The van der Waals surface area contributed by atoms with Crippen LogP contribution in [-0.4, -0.2) is 10.9 Å². The van der Waals surface area contributed by atoms with Gasteiger partial charge in [0.15, 0.2) is 5.13 Å². The number of thiazole rings is 1. The number of carbonyl (C=O) groups excluding carboxylic acids is 1. The lowest BCUT2D eigenvalue weighted by atomic mass is 10.1. The maximum atomic E-state index is 11.9. The number of hydrogen-bond donors (Lipinski definition) is 1. The van der Waals surface area contributed by atoms with Crippen LogP contribution in [0.5, 0.6) is 0 Å². The van der Waals surface area contributed by atoms with Crippen molar-refractivity contribution in [2.75, 3.05) is 5.32 Å². The molecule has 2 aromatic heterocycles.